The number of carbonyl (C=O) groups excluding carboxylic acids is 5. The van der Waals surface area contributed by atoms with Gasteiger partial charge in [0.2, 0.25) is 11.8 Å². The number of allylic oxidation sites excluding steroid dienone is 1. The first kappa shape index (κ1) is 35.4. The van der Waals surface area contributed by atoms with Gasteiger partial charge in [-0.3, -0.25) is 29.0 Å². The van der Waals surface area contributed by atoms with Crippen LogP contribution >= 0.6 is 0 Å². The highest BCUT2D eigenvalue weighted by Gasteiger charge is 2.28. The molecule has 47 heavy (non-hydrogen) atoms. The molecular weight excluding hydrogens is 610 g/mol. The average molecular weight is 648 g/mol. The Balaban J connectivity index is 2.06. The minimum absolute atomic E-state index is 0.0684. The third-order valence-corrected chi connectivity index (χ3v) is 6.60. The maximum atomic E-state index is 13.7. The van der Waals surface area contributed by atoms with Crippen LogP contribution in [0.15, 0.2) is 82.8 Å². The van der Waals surface area contributed by atoms with Gasteiger partial charge in [-0.05, 0) is 42.1 Å². The zero-order valence-electron chi connectivity index (χ0n) is 25.4. The topological polar surface area (TPSA) is 273 Å². The highest BCUT2D eigenvalue weighted by atomic mass is 16.4. The Bertz CT molecular complexity index is 1660. The van der Waals surface area contributed by atoms with Crippen LogP contribution in [0.25, 0.3) is 10.8 Å². The SMILES string of the molecule is NCCC/C=C1/NC(=O)[C@@H](Cc2ccc3ccccc3c2)NC(=O)/C(=C\C(=O)O)NC(=O)CNC(=O)/C(=C/CCN=C(N)N)NC1=O. The largest absolute Gasteiger partial charge is 0.478 e. The van der Waals surface area contributed by atoms with Crippen molar-refractivity contribution in [1.82, 2.24) is 26.6 Å². The van der Waals surface area contributed by atoms with Crippen molar-refractivity contribution >= 4 is 52.2 Å². The second-order valence-corrected chi connectivity index (χ2v) is 10.2. The molecule has 0 saturated carbocycles. The summed E-state index contributed by atoms with van der Waals surface area (Å²) in [6.45, 7) is -0.349. The molecule has 1 heterocycles. The van der Waals surface area contributed by atoms with Crippen LogP contribution < -0.4 is 43.8 Å². The van der Waals surface area contributed by atoms with Crippen LogP contribution in [0.2, 0.25) is 0 Å². The van der Waals surface area contributed by atoms with E-state index in [4.69, 9.17) is 17.2 Å². The highest BCUT2D eigenvalue weighted by molar-refractivity contribution is 6.07. The predicted octanol–water partition coefficient (Wildman–Crippen LogP) is -1.52. The summed E-state index contributed by atoms with van der Waals surface area (Å²) in [5, 5.41) is 23.0. The van der Waals surface area contributed by atoms with E-state index in [1.165, 1.54) is 12.2 Å². The molecule has 1 fully saturated rings. The number of rotatable bonds is 9. The van der Waals surface area contributed by atoms with Crippen LogP contribution in [0.1, 0.15) is 24.8 Å². The number of benzene rings is 2. The number of nitrogens with zero attached hydrogens (tertiary/aromatic N) is 1. The number of carboxylic acid groups (broad SMARTS) is 1. The Morgan fingerprint density at radius 2 is 1.57 bits per heavy atom. The Hall–Kier alpha value is -6.03. The summed E-state index contributed by atoms with van der Waals surface area (Å²) in [6, 6.07) is 11.6. The van der Waals surface area contributed by atoms with Gasteiger partial charge in [0.1, 0.15) is 23.1 Å². The van der Waals surface area contributed by atoms with Crippen molar-refractivity contribution in [2.24, 2.45) is 22.2 Å². The number of aliphatic carboxylic acids is 1. The van der Waals surface area contributed by atoms with Gasteiger partial charge in [0.05, 0.1) is 12.6 Å². The molecule has 1 atom stereocenters. The minimum atomic E-state index is -1.56. The zero-order chi connectivity index (χ0) is 34.3. The summed E-state index contributed by atoms with van der Waals surface area (Å²) in [5.74, 6) is -6.40. The van der Waals surface area contributed by atoms with E-state index in [9.17, 15) is 33.9 Å². The standard InChI is InChI=1S/C31H37N9O7/c32-12-4-3-8-22-28(45)38-21(9-5-13-35-31(33)34)27(44)36-17-25(41)37-24(16-26(42)43)30(47)40-23(29(46)39-22)15-18-10-11-19-6-1-2-7-20(19)14-18/h1-2,6-11,14,16,23H,3-5,12-13,15,17,32H2,(H,36,44)(H,37,41)(H,38,45)(H,39,46)(H,40,47)(H,42,43)(H4,33,34,35)/b21-9-,22-8+,24-16+/t23-/m1/s1. The molecule has 0 aliphatic carbocycles. The van der Waals surface area contributed by atoms with E-state index in [0.29, 0.717) is 18.1 Å². The number of guanidine groups is 1. The lowest BCUT2D eigenvalue weighted by molar-refractivity contribution is -0.132. The van der Waals surface area contributed by atoms with Gasteiger partial charge < -0.3 is 48.9 Å². The summed E-state index contributed by atoms with van der Waals surface area (Å²) < 4.78 is 0. The van der Waals surface area contributed by atoms with Crippen molar-refractivity contribution in [3.05, 3.63) is 83.3 Å². The van der Waals surface area contributed by atoms with Crippen molar-refractivity contribution in [3.8, 4) is 0 Å². The van der Waals surface area contributed by atoms with Crippen molar-refractivity contribution in [3.63, 3.8) is 0 Å². The summed E-state index contributed by atoms with van der Waals surface area (Å²) in [6.07, 6.45) is 3.95. The lowest BCUT2D eigenvalue weighted by atomic mass is 10.0. The van der Waals surface area contributed by atoms with Gasteiger partial charge in [-0.25, -0.2) is 4.79 Å². The van der Waals surface area contributed by atoms with E-state index in [-0.39, 0.29) is 49.7 Å². The number of hydrogen-bond acceptors (Lipinski definition) is 8. The molecule has 3 rings (SSSR count). The lowest BCUT2D eigenvalue weighted by Crippen LogP contribution is -2.51. The summed E-state index contributed by atoms with van der Waals surface area (Å²) in [7, 11) is 0. The monoisotopic (exact) mass is 647 g/mol. The first-order chi connectivity index (χ1) is 22.5. The fourth-order valence-corrected chi connectivity index (χ4v) is 4.36. The molecule has 16 heteroatoms. The van der Waals surface area contributed by atoms with Gasteiger partial charge in [0, 0.05) is 13.0 Å². The number of aliphatic imine (C=N–C) groups is 1. The Labute approximate surface area is 269 Å². The minimum Gasteiger partial charge on any atom is -0.478 e. The van der Waals surface area contributed by atoms with Crippen molar-refractivity contribution in [2.45, 2.75) is 31.7 Å². The molecule has 2 aromatic rings. The maximum Gasteiger partial charge on any atom is 0.330 e. The number of nitrogens with one attached hydrogen (secondary N) is 5. The van der Waals surface area contributed by atoms with Crippen LogP contribution in [0, 0.1) is 0 Å². The summed E-state index contributed by atoms with van der Waals surface area (Å²) >= 11 is 0. The molecule has 0 radical (unpaired) electrons. The lowest BCUT2D eigenvalue weighted by Gasteiger charge is -2.21. The van der Waals surface area contributed by atoms with Gasteiger partial charge in [0.15, 0.2) is 5.96 Å². The van der Waals surface area contributed by atoms with Crippen LogP contribution in [0.3, 0.4) is 0 Å². The predicted molar refractivity (Wildman–Crippen MR) is 172 cm³/mol. The molecule has 1 aliphatic rings. The fraction of sp³-hybridized carbons (Fsp3) is 0.258. The first-order valence-corrected chi connectivity index (χ1v) is 14.6. The number of nitrogens with two attached hydrogens (primary N) is 3. The maximum absolute atomic E-state index is 13.7. The van der Waals surface area contributed by atoms with Gasteiger partial charge in [-0.1, -0.05) is 54.6 Å². The molecule has 2 aromatic carbocycles. The number of carbonyl (C=O) groups is 6. The summed E-state index contributed by atoms with van der Waals surface area (Å²) in [4.78, 5) is 81.5. The number of hydrogen-bond donors (Lipinski definition) is 9. The molecule has 0 bridgehead atoms. The van der Waals surface area contributed by atoms with E-state index in [2.05, 4.69) is 31.6 Å². The molecule has 0 spiro atoms. The van der Waals surface area contributed by atoms with Gasteiger partial charge in [-0.2, -0.15) is 0 Å². The van der Waals surface area contributed by atoms with E-state index in [1.54, 1.807) is 6.07 Å². The van der Waals surface area contributed by atoms with Gasteiger partial charge >= 0.3 is 5.97 Å². The molecule has 5 amide bonds. The Morgan fingerprint density at radius 1 is 0.872 bits per heavy atom. The molecule has 0 unspecified atom stereocenters. The number of fused-ring (bicyclic) bond motifs is 1. The van der Waals surface area contributed by atoms with Crippen LogP contribution in [0.4, 0.5) is 0 Å². The van der Waals surface area contributed by atoms with Crippen molar-refractivity contribution in [1.29, 1.82) is 0 Å². The average Bonchev–Trinajstić information content (AvgIpc) is 3.03. The zero-order valence-corrected chi connectivity index (χ0v) is 25.4. The third kappa shape index (κ3) is 11.4. The molecular formula is C31H37N9O7. The van der Waals surface area contributed by atoms with Crippen LogP contribution in [-0.2, 0) is 35.2 Å². The molecule has 248 valence electrons. The second kappa shape index (κ2) is 17.5. The molecule has 12 N–H and O–H groups in total. The van der Waals surface area contributed by atoms with Crippen LogP contribution in [0.5, 0.6) is 0 Å². The normalized spacial score (nSPS) is 19.2. The highest BCUT2D eigenvalue weighted by Crippen LogP contribution is 2.17. The van der Waals surface area contributed by atoms with E-state index in [1.807, 2.05) is 36.4 Å². The number of unbranched alkanes of at least 4 members (excludes halogenated alkanes) is 1. The summed E-state index contributed by atoms with van der Waals surface area (Å²) in [5.41, 5.74) is 15.7. The van der Waals surface area contributed by atoms with Crippen molar-refractivity contribution in [2.75, 3.05) is 19.6 Å². The molecule has 16 nitrogen and oxygen atoms in total. The van der Waals surface area contributed by atoms with Crippen LogP contribution in [-0.4, -0.2) is 72.2 Å². The molecule has 1 saturated heterocycles. The van der Waals surface area contributed by atoms with Gasteiger partial charge in [-0.15, -0.1) is 0 Å². The Morgan fingerprint density at radius 3 is 2.28 bits per heavy atom. The van der Waals surface area contributed by atoms with E-state index < -0.39 is 53.8 Å². The quantitative estimate of drug-likeness (QED) is 0.0656. The first-order valence-electron chi connectivity index (χ1n) is 14.6. The van der Waals surface area contributed by atoms with Crippen molar-refractivity contribution < 1.29 is 33.9 Å². The van der Waals surface area contributed by atoms with E-state index in [0.717, 1.165) is 10.8 Å². The molecule has 0 aromatic heterocycles. The smallest absolute Gasteiger partial charge is 0.330 e. The van der Waals surface area contributed by atoms with Gasteiger partial charge in [0.25, 0.3) is 17.7 Å². The molecule has 1 aliphatic heterocycles. The number of carboxylic acids is 1. The number of amides is 5. The second-order valence-electron chi connectivity index (χ2n) is 10.2. The fourth-order valence-electron chi connectivity index (χ4n) is 4.36. The Kier molecular flexibility index (Phi) is 13.2. The third-order valence-electron chi connectivity index (χ3n) is 6.60. The van der Waals surface area contributed by atoms with E-state index >= 15 is 0 Å².